The Hall–Kier alpha value is -1.06. The summed E-state index contributed by atoms with van der Waals surface area (Å²) in [7, 11) is 1.69. The van der Waals surface area contributed by atoms with Gasteiger partial charge in [-0.05, 0) is 43.4 Å². The third-order valence-corrected chi connectivity index (χ3v) is 4.58. The minimum absolute atomic E-state index is 0.0310. The molecule has 3 heteroatoms. The first kappa shape index (κ1) is 16.3. The Morgan fingerprint density at radius 3 is 2.71 bits per heavy atom. The van der Waals surface area contributed by atoms with Crippen molar-refractivity contribution in [2.75, 3.05) is 7.11 Å². The second kappa shape index (κ2) is 7.81. The van der Waals surface area contributed by atoms with Crippen molar-refractivity contribution in [2.24, 2.45) is 11.7 Å². The fraction of sp³-hybridized carbons (Fsp3) is 0.667. The summed E-state index contributed by atoms with van der Waals surface area (Å²) < 4.78 is 11.8. The zero-order chi connectivity index (χ0) is 15.2. The maximum Gasteiger partial charge on any atom is 0.119 e. The summed E-state index contributed by atoms with van der Waals surface area (Å²) in [6, 6.07) is 8.05. The molecule has 0 spiro atoms. The van der Waals surface area contributed by atoms with Crippen molar-refractivity contribution in [3.8, 4) is 5.75 Å². The molecule has 1 aliphatic carbocycles. The SMILES string of the molecule is CCC1CCCCC1OC(c1cccc(OC)c1)C(C)N. The molecule has 2 N–H and O–H groups in total. The van der Waals surface area contributed by atoms with Crippen LogP contribution < -0.4 is 10.5 Å². The molecule has 1 fully saturated rings. The van der Waals surface area contributed by atoms with Crippen LogP contribution in [-0.4, -0.2) is 19.3 Å². The smallest absolute Gasteiger partial charge is 0.119 e. The van der Waals surface area contributed by atoms with E-state index in [1.54, 1.807) is 7.11 Å². The highest BCUT2D eigenvalue weighted by Gasteiger charge is 2.29. The Bertz CT molecular complexity index is 433. The van der Waals surface area contributed by atoms with E-state index in [4.69, 9.17) is 15.2 Å². The molecule has 0 saturated heterocycles. The van der Waals surface area contributed by atoms with Crippen LogP contribution in [0.1, 0.15) is 57.6 Å². The van der Waals surface area contributed by atoms with Gasteiger partial charge < -0.3 is 15.2 Å². The molecule has 0 bridgehead atoms. The van der Waals surface area contributed by atoms with Gasteiger partial charge in [0, 0.05) is 6.04 Å². The van der Waals surface area contributed by atoms with Crippen LogP contribution in [0.3, 0.4) is 0 Å². The minimum atomic E-state index is -0.0581. The van der Waals surface area contributed by atoms with Crippen molar-refractivity contribution in [3.63, 3.8) is 0 Å². The maximum absolute atomic E-state index is 6.46. The summed E-state index contributed by atoms with van der Waals surface area (Å²) in [6.45, 7) is 4.28. The Morgan fingerprint density at radius 2 is 2.05 bits per heavy atom. The molecule has 1 aliphatic rings. The second-order valence-corrected chi connectivity index (χ2v) is 6.18. The Labute approximate surface area is 128 Å². The summed E-state index contributed by atoms with van der Waals surface area (Å²) >= 11 is 0. The molecule has 0 aliphatic heterocycles. The van der Waals surface area contributed by atoms with Crippen LogP contribution in [-0.2, 0) is 4.74 Å². The van der Waals surface area contributed by atoms with Crippen molar-refractivity contribution < 1.29 is 9.47 Å². The predicted octanol–water partition coefficient (Wildman–Crippen LogP) is 4.07. The van der Waals surface area contributed by atoms with Crippen LogP contribution in [0.2, 0.25) is 0 Å². The van der Waals surface area contributed by atoms with E-state index in [-0.39, 0.29) is 12.1 Å². The molecule has 0 radical (unpaired) electrons. The van der Waals surface area contributed by atoms with E-state index in [0.717, 1.165) is 17.7 Å². The zero-order valence-electron chi connectivity index (χ0n) is 13.5. The lowest BCUT2D eigenvalue weighted by atomic mass is 9.84. The highest BCUT2D eigenvalue weighted by Crippen LogP contribution is 2.34. The van der Waals surface area contributed by atoms with Crippen LogP contribution in [0.25, 0.3) is 0 Å². The zero-order valence-corrected chi connectivity index (χ0v) is 13.5. The van der Waals surface area contributed by atoms with Gasteiger partial charge in [-0.2, -0.15) is 0 Å². The maximum atomic E-state index is 6.46. The van der Waals surface area contributed by atoms with E-state index in [9.17, 15) is 0 Å². The molecule has 1 saturated carbocycles. The first-order valence-electron chi connectivity index (χ1n) is 8.20. The molecular formula is C18H29NO2. The lowest BCUT2D eigenvalue weighted by molar-refractivity contribution is -0.0701. The molecule has 4 atom stereocenters. The van der Waals surface area contributed by atoms with E-state index in [2.05, 4.69) is 13.0 Å². The fourth-order valence-corrected chi connectivity index (χ4v) is 3.33. The Balaban J connectivity index is 2.14. The quantitative estimate of drug-likeness (QED) is 0.859. The summed E-state index contributed by atoms with van der Waals surface area (Å²) in [5.74, 6) is 1.53. The van der Waals surface area contributed by atoms with Gasteiger partial charge in [-0.15, -0.1) is 0 Å². The number of nitrogens with two attached hydrogens (primary N) is 1. The summed E-state index contributed by atoms with van der Waals surface area (Å²) in [5.41, 5.74) is 7.31. The number of benzene rings is 1. The molecule has 118 valence electrons. The van der Waals surface area contributed by atoms with Crippen molar-refractivity contribution in [2.45, 2.75) is 64.2 Å². The third-order valence-electron chi connectivity index (χ3n) is 4.58. The number of methoxy groups -OCH3 is 1. The first-order valence-corrected chi connectivity index (χ1v) is 8.20. The number of hydrogen-bond donors (Lipinski definition) is 1. The molecule has 0 amide bonds. The number of rotatable bonds is 6. The molecule has 21 heavy (non-hydrogen) atoms. The summed E-state index contributed by atoms with van der Waals surface area (Å²) in [6.07, 6.45) is 6.51. The van der Waals surface area contributed by atoms with Crippen LogP contribution in [0.5, 0.6) is 5.75 Å². The van der Waals surface area contributed by atoms with Gasteiger partial charge in [-0.1, -0.05) is 38.3 Å². The van der Waals surface area contributed by atoms with Crippen molar-refractivity contribution in [3.05, 3.63) is 29.8 Å². The molecule has 3 nitrogen and oxygen atoms in total. The van der Waals surface area contributed by atoms with Gasteiger partial charge >= 0.3 is 0 Å². The van der Waals surface area contributed by atoms with Gasteiger partial charge in [0.25, 0.3) is 0 Å². The van der Waals surface area contributed by atoms with Crippen LogP contribution in [0.4, 0.5) is 0 Å². The predicted molar refractivity (Wildman–Crippen MR) is 86.5 cm³/mol. The highest BCUT2D eigenvalue weighted by molar-refractivity contribution is 5.30. The molecule has 4 unspecified atom stereocenters. The van der Waals surface area contributed by atoms with Crippen LogP contribution in [0.15, 0.2) is 24.3 Å². The summed E-state index contributed by atoms with van der Waals surface area (Å²) in [5, 5.41) is 0. The van der Waals surface area contributed by atoms with Gasteiger partial charge in [0.05, 0.1) is 19.3 Å². The van der Waals surface area contributed by atoms with Gasteiger partial charge in [-0.3, -0.25) is 0 Å². The normalized spacial score (nSPS) is 25.3. The molecular weight excluding hydrogens is 262 g/mol. The van der Waals surface area contributed by atoms with E-state index in [1.165, 1.54) is 25.7 Å². The van der Waals surface area contributed by atoms with Crippen LogP contribution in [0, 0.1) is 5.92 Å². The van der Waals surface area contributed by atoms with E-state index < -0.39 is 0 Å². The van der Waals surface area contributed by atoms with Gasteiger partial charge in [-0.25, -0.2) is 0 Å². The average molecular weight is 291 g/mol. The average Bonchev–Trinajstić information content (AvgIpc) is 2.52. The van der Waals surface area contributed by atoms with Crippen LogP contribution >= 0.6 is 0 Å². The van der Waals surface area contributed by atoms with E-state index in [1.807, 2.05) is 25.1 Å². The standard InChI is InChI=1S/C18H29NO2/c1-4-14-8-5-6-11-17(14)21-18(13(2)19)15-9-7-10-16(12-15)20-3/h7,9-10,12-14,17-18H,4-6,8,11,19H2,1-3H3. The van der Waals surface area contributed by atoms with E-state index >= 15 is 0 Å². The topological polar surface area (TPSA) is 44.5 Å². The third kappa shape index (κ3) is 4.21. The van der Waals surface area contributed by atoms with Gasteiger partial charge in [0.2, 0.25) is 0 Å². The molecule has 1 aromatic rings. The minimum Gasteiger partial charge on any atom is -0.497 e. The fourth-order valence-electron chi connectivity index (χ4n) is 3.33. The molecule has 0 heterocycles. The first-order chi connectivity index (χ1) is 10.2. The largest absolute Gasteiger partial charge is 0.497 e. The summed E-state index contributed by atoms with van der Waals surface area (Å²) in [4.78, 5) is 0. The number of hydrogen-bond acceptors (Lipinski definition) is 3. The Kier molecular flexibility index (Phi) is 6.07. The monoisotopic (exact) mass is 291 g/mol. The lowest BCUT2D eigenvalue weighted by Gasteiger charge is -2.35. The van der Waals surface area contributed by atoms with Crippen molar-refractivity contribution in [1.82, 2.24) is 0 Å². The van der Waals surface area contributed by atoms with Gasteiger partial charge in [0.1, 0.15) is 5.75 Å². The van der Waals surface area contributed by atoms with Crippen molar-refractivity contribution in [1.29, 1.82) is 0 Å². The Morgan fingerprint density at radius 1 is 1.29 bits per heavy atom. The molecule has 2 rings (SSSR count). The number of ether oxygens (including phenoxy) is 2. The lowest BCUT2D eigenvalue weighted by Crippen LogP contribution is -2.35. The van der Waals surface area contributed by atoms with Gasteiger partial charge in [0.15, 0.2) is 0 Å². The van der Waals surface area contributed by atoms with Crippen molar-refractivity contribution >= 4 is 0 Å². The second-order valence-electron chi connectivity index (χ2n) is 6.18. The highest BCUT2D eigenvalue weighted by atomic mass is 16.5. The molecule has 0 aromatic heterocycles. The molecule has 1 aromatic carbocycles. The van der Waals surface area contributed by atoms with E-state index in [0.29, 0.717) is 12.0 Å².